The molecule has 1 aromatic heterocycles. The van der Waals surface area contributed by atoms with Gasteiger partial charge in [-0.05, 0) is 76.7 Å². The number of amides is 1. The summed E-state index contributed by atoms with van der Waals surface area (Å²) in [6, 6.07) is 25.3. The van der Waals surface area contributed by atoms with Gasteiger partial charge in [-0.3, -0.25) is 10.0 Å². The monoisotopic (exact) mass is 523 g/mol. The Morgan fingerprint density at radius 2 is 1.74 bits per heavy atom. The quantitative estimate of drug-likeness (QED) is 0.132. The number of aryl methyl sites for hydroxylation is 2. The number of hydrogen-bond acceptors (Lipinski definition) is 6. The first-order valence-corrected chi connectivity index (χ1v) is 13.2. The fourth-order valence-corrected chi connectivity index (χ4v) is 5.50. The number of aliphatic hydroxyl groups excluding tert-OH is 1. The summed E-state index contributed by atoms with van der Waals surface area (Å²) in [5.74, 6) is -0.560. The lowest BCUT2D eigenvalue weighted by molar-refractivity contribution is 0.0706. The van der Waals surface area contributed by atoms with Crippen LogP contribution in [-0.4, -0.2) is 27.7 Å². The predicted octanol–water partition coefficient (Wildman–Crippen LogP) is 6.80. The summed E-state index contributed by atoms with van der Waals surface area (Å²) in [5.41, 5.74) is 8.19. The molecule has 0 spiro atoms. The highest BCUT2D eigenvalue weighted by Gasteiger charge is 2.15. The number of aromatic nitrogens is 1. The average molecular weight is 524 g/mol. The summed E-state index contributed by atoms with van der Waals surface area (Å²) >= 11 is 1.61. The molecule has 0 saturated carbocycles. The topological polar surface area (TPSA) is 94.5 Å². The molecule has 5 aromatic rings. The fraction of sp³-hybridized carbons (Fsp3) is 0.161. The molecule has 0 aliphatic heterocycles. The standard InChI is InChI=1S/C31H29N3O3S/c1-19-14-27-29(15-20(19)2)38-31(33-27)32-18-22(16-21-10-12-24(13-11-21)30(36)34-37)17-28(35)26-9-5-7-23-6-3-4-8-25(23)26/h3-16,28,35,37H,17-18H2,1-2H3,(H,32,33)(H,34,36). The van der Waals surface area contributed by atoms with E-state index in [-0.39, 0.29) is 0 Å². The van der Waals surface area contributed by atoms with Gasteiger partial charge in [-0.2, -0.15) is 0 Å². The van der Waals surface area contributed by atoms with Gasteiger partial charge < -0.3 is 10.4 Å². The van der Waals surface area contributed by atoms with E-state index in [1.807, 2.05) is 60.7 Å². The van der Waals surface area contributed by atoms with Gasteiger partial charge in [0.1, 0.15) is 0 Å². The maximum atomic E-state index is 11.7. The molecule has 1 unspecified atom stereocenters. The van der Waals surface area contributed by atoms with Crippen LogP contribution in [0, 0.1) is 13.8 Å². The molecule has 6 nitrogen and oxygen atoms in total. The van der Waals surface area contributed by atoms with E-state index < -0.39 is 12.0 Å². The number of aliphatic hydroxyl groups is 1. The van der Waals surface area contributed by atoms with E-state index in [2.05, 4.69) is 31.3 Å². The largest absolute Gasteiger partial charge is 0.388 e. The molecule has 0 radical (unpaired) electrons. The molecule has 4 N–H and O–H groups in total. The second-order valence-corrected chi connectivity index (χ2v) is 10.5. The van der Waals surface area contributed by atoms with Gasteiger partial charge in [0, 0.05) is 18.5 Å². The Kier molecular flexibility index (Phi) is 7.51. The summed E-state index contributed by atoms with van der Waals surface area (Å²) in [4.78, 5) is 16.5. The highest BCUT2D eigenvalue weighted by molar-refractivity contribution is 7.22. The lowest BCUT2D eigenvalue weighted by atomic mass is 9.95. The molecule has 1 atom stereocenters. The van der Waals surface area contributed by atoms with E-state index in [1.165, 1.54) is 11.1 Å². The summed E-state index contributed by atoms with van der Waals surface area (Å²) in [5, 5.41) is 26.6. The van der Waals surface area contributed by atoms with Crippen LogP contribution in [0.5, 0.6) is 0 Å². The number of hydrogen-bond donors (Lipinski definition) is 4. The molecule has 1 heterocycles. The number of rotatable bonds is 8. The van der Waals surface area contributed by atoms with Gasteiger partial charge in [-0.25, -0.2) is 10.5 Å². The van der Waals surface area contributed by atoms with Crippen molar-refractivity contribution < 1.29 is 15.1 Å². The van der Waals surface area contributed by atoms with E-state index in [0.717, 1.165) is 42.8 Å². The maximum absolute atomic E-state index is 11.7. The van der Waals surface area contributed by atoms with Crippen LogP contribution in [-0.2, 0) is 0 Å². The van der Waals surface area contributed by atoms with E-state index in [9.17, 15) is 9.90 Å². The normalized spacial score (nSPS) is 12.6. The van der Waals surface area contributed by atoms with Crippen molar-refractivity contribution in [3.8, 4) is 0 Å². The van der Waals surface area contributed by atoms with Crippen molar-refractivity contribution in [3.05, 3.63) is 112 Å². The molecule has 5 rings (SSSR count). The number of nitrogens with one attached hydrogen (secondary N) is 2. The van der Waals surface area contributed by atoms with Crippen LogP contribution < -0.4 is 10.8 Å². The van der Waals surface area contributed by atoms with Gasteiger partial charge in [0.15, 0.2) is 5.13 Å². The summed E-state index contributed by atoms with van der Waals surface area (Å²) < 4.78 is 1.13. The zero-order valence-electron chi connectivity index (χ0n) is 21.2. The Hall–Kier alpha value is -4.04. The Morgan fingerprint density at radius 3 is 2.53 bits per heavy atom. The predicted molar refractivity (Wildman–Crippen MR) is 155 cm³/mol. The summed E-state index contributed by atoms with van der Waals surface area (Å²) in [7, 11) is 0. The first-order chi connectivity index (χ1) is 18.4. The second-order valence-electron chi connectivity index (χ2n) is 9.43. The van der Waals surface area contributed by atoms with Crippen molar-refractivity contribution in [1.29, 1.82) is 0 Å². The van der Waals surface area contributed by atoms with Crippen LogP contribution in [0.4, 0.5) is 5.13 Å². The van der Waals surface area contributed by atoms with Crippen LogP contribution >= 0.6 is 11.3 Å². The third-order valence-corrected chi connectivity index (χ3v) is 7.73. The zero-order valence-corrected chi connectivity index (χ0v) is 22.0. The minimum absolute atomic E-state index is 0.361. The Morgan fingerprint density at radius 1 is 1.00 bits per heavy atom. The van der Waals surface area contributed by atoms with E-state index in [1.54, 1.807) is 28.9 Å². The fourth-order valence-electron chi connectivity index (χ4n) is 4.56. The zero-order chi connectivity index (χ0) is 26.6. The number of thiazole rings is 1. The Labute approximate surface area is 225 Å². The van der Waals surface area contributed by atoms with Crippen molar-refractivity contribution >= 4 is 49.4 Å². The molecule has 0 aliphatic carbocycles. The molecule has 1 amide bonds. The van der Waals surface area contributed by atoms with Gasteiger partial charge in [0.05, 0.1) is 16.3 Å². The highest BCUT2D eigenvalue weighted by atomic mass is 32.1. The number of carbonyl (C=O) groups is 1. The number of anilines is 1. The van der Waals surface area contributed by atoms with Gasteiger partial charge >= 0.3 is 0 Å². The minimum atomic E-state index is -0.700. The maximum Gasteiger partial charge on any atom is 0.274 e. The van der Waals surface area contributed by atoms with E-state index >= 15 is 0 Å². The van der Waals surface area contributed by atoms with Gasteiger partial charge in [-0.15, -0.1) is 0 Å². The molecule has 38 heavy (non-hydrogen) atoms. The molecule has 0 saturated heterocycles. The molecule has 192 valence electrons. The molecule has 0 fully saturated rings. The molecule has 0 bridgehead atoms. The van der Waals surface area contributed by atoms with Crippen LogP contribution in [0.1, 0.15) is 45.1 Å². The first kappa shape index (κ1) is 25.6. The van der Waals surface area contributed by atoms with Crippen LogP contribution in [0.3, 0.4) is 0 Å². The van der Waals surface area contributed by atoms with Crippen molar-refractivity contribution in [3.63, 3.8) is 0 Å². The van der Waals surface area contributed by atoms with Gasteiger partial charge in [0.2, 0.25) is 0 Å². The molecule has 7 heteroatoms. The van der Waals surface area contributed by atoms with Crippen molar-refractivity contribution in [2.75, 3.05) is 11.9 Å². The Bertz CT molecular complexity index is 1600. The molecular weight excluding hydrogens is 494 g/mol. The first-order valence-electron chi connectivity index (χ1n) is 12.4. The number of fused-ring (bicyclic) bond motifs is 2. The molecule has 4 aromatic carbocycles. The van der Waals surface area contributed by atoms with Gasteiger partial charge in [-0.1, -0.05) is 72.0 Å². The van der Waals surface area contributed by atoms with Crippen molar-refractivity contribution in [2.45, 2.75) is 26.4 Å². The Balaban J connectivity index is 1.43. The number of benzene rings is 4. The van der Waals surface area contributed by atoms with E-state index in [0.29, 0.717) is 18.5 Å². The smallest absolute Gasteiger partial charge is 0.274 e. The molecule has 0 aliphatic rings. The number of carbonyl (C=O) groups excluding carboxylic acids is 1. The minimum Gasteiger partial charge on any atom is -0.388 e. The number of nitrogens with zero attached hydrogens (tertiary/aromatic N) is 1. The average Bonchev–Trinajstić information content (AvgIpc) is 3.32. The summed E-state index contributed by atoms with van der Waals surface area (Å²) in [6.07, 6.45) is 1.74. The highest BCUT2D eigenvalue weighted by Crippen LogP contribution is 2.31. The second kappa shape index (κ2) is 11.1. The SMILES string of the molecule is Cc1cc2nc(NCC(=Cc3ccc(C(=O)NO)cc3)CC(O)c3cccc4ccccc34)sc2cc1C. The molecular formula is C31H29N3O3S. The van der Waals surface area contributed by atoms with Crippen LogP contribution in [0.15, 0.2) is 84.4 Å². The third-order valence-electron chi connectivity index (χ3n) is 6.75. The third kappa shape index (κ3) is 5.60. The lowest BCUT2D eigenvalue weighted by Gasteiger charge is -2.17. The van der Waals surface area contributed by atoms with Crippen molar-refractivity contribution in [2.24, 2.45) is 0 Å². The lowest BCUT2D eigenvalue weighted by Crippen LogP contribution is -2.18. The van der Waals surface area contributed by atoms with E-state index in [4.69, 9.17) is 10.2 Å². The van der Waals surface area contributed by atoms with Crippen LogP contribution in [0.25, 0.3) is 27.1 Å². The van der Waals surface area contributed by atoms with Gasteiger partial charge in [0.25, 0.3) is 5.91 Å². The van der Waals surface area contributed by atoms with Crippen molar-refractivity contribution in [1.82, 2.24) is 10.5 Å². The number of hydroxylamine groups is 1. The van der Waals surface area contributed by atoms with Crippen LogP contribution in [0.2, 0.25) is 0 Å². The summed E-state index contributed by atoms with van der Waals surface area (Å²) in [6.45, 7) is 4.69.